The number of carboxylic acids is 1. The zero-order chi connectivity index (χ0) is 13.7. The molecule has 0 saturated carbocycles. The van der Waals surface area contributed by atoms with Crippen LogP contribution in [0.5, 0.6) is 0 Å². The highest BCUT2D eigenvalue weighted by Crippen LogP contribution is 2.21. The third-order valence-corrected chi connectivity index (χ3v) is 3.34. The van der Waals surface area contributed by atoms with Gasteiger partial charge in [-0.3, -0.25) is 0 Å². The molecule has 0 aliphatic rings. The molecule has 102 valence electrons. The maximum atomic E-state index is 11.2. The molecule has 0 aromatic carbocycles. The van der Waals surface area contributed by atoms with Crippen molar-refractivity contribution in [2.45, 2.75) is 40.2 Å². The van der Waals surface area contributed by atoms with Crippen LogP contribution in [-0.2, 0) is 6.54 Å². The van der Waals surface area contributed by atoms with Gasteiger partial charge in [0.05, 0.1) is 5.56 Å². The predicted molar refractivity (Wildman–Crippen MR) is 73.3 cm³/mol. The lowest BCUT2D eigenvalue weighted by Gasteiger charge is -2.20. The number of carbonyl (C=O) groups is 1. The Kier molecular flexibility index (Phi) is 5.41. The molecule has 0 fully saturated rings. The van der Waals surface area contributed by atoms with Gasteiger partial charge >= 0.3 is 5.97 Å². The Hall–Kier alpha value is -1.29. The van der Waals surface area contributed by atoms with Crippen molar-refractivity contribution in [2.75, 3.05) is 19.6 Å². The fraction of sp³-hybridized carbons (Fsp3) is 0.643. The summed E-state index contributed by atoms with van der Waals surface area (Å²) in [5, 5.41) is 9.17. The lowest BCUT2D eigenvalue weighted by atomic mass is 10.1. The Morgan fingerprint density at radius 3 is 2.44 bits per heavy atom. The highest BCUT2D eigenvalue weighted by atomic mass is 16.4. The molecular weight excluding hydrogens is 228 g/mol. The van der Waals surface area contributed by atoms with E-state index in [9.17, 15) is 9.90 Å². The molecule has 0 aliphatic carbocycles. The van der Waals surface area contributed by atoms with Gasteiger partial charge < -0.3 is 14.6 Å². The Morgan fingerprint density at radius 1 is 1.39 bits per heavy atom. The summed E-state index contributed by atoms with van der Waals surface area (Å²) < 4.78 is 2.08. The lowest BCUT2D eigenvalue weighted by molar-refractivity contribution is 0.0695. The minimum absolute atomic E-state index is 0.225. The average molecular weight is 252 g/mol. The van der Waals surface area contributed by atoms with E-state index in [1.54, 1.807) is 6.07 Å². The number of nitrogens with zero attached hydrogens (tertiary/aromatic N) is 2. The molecule has 0 aliphatic heterocycles. The van der Waals surface area contributed by atoms with Crippen molar-refractivity contribution < 1.29 is 9.90 Å². The van der Waals surface area contributed by atoms with Crippen LogP contribution in [-0.4, -0.2) is 40.2 Å². The Balaban J connectivity index is 2.86. The predicted octanol–water partition coefficient (Wildman–Crippen LogP) is 2.65. The Bertz CT molecular complexity index is 392. The first-order valence-corrected chi connectivity index (χ1v) is 6.65. The first-order chi connectivity index (χ1) is 8.51. The summed E-state index contributed by atoms with van der Waals surface area (Å²) in [7, 11) is 0. The zero-order valence-electron chi connectivity index (χ0n) is 11.8. The molecule has 4 heteroatoms. The molecule has 0 radical (unpaired) electrons. The fourth-order valence-corrected chi connectivity index (χ4v) is 2.29. The molecule has 1 heterocycles. The van der Waals surface area contributed by atoms with Crippen LogP contribution in [0.3, 0.4) is 0 Å². The SMILES string of the molecule is CCN(CC)CCn1ccc(C(=O)O)c1C(C)C. The van der Waals surface area contributed by atoms with Crippen molar-refractivity contribution in [3.63, 3.8) is 0 Å². The summed E-state index contributed by atoms with van der Waals surface area (Å²) in [6.07, 6.45) is 1.89. The summed E-state index contributed by atoms with van der Waals surface area (Å²) in [5.74, 6) is -0.608. The molecule has 0 bridgehead atoms. The first-order valence-electron chi connectivity index (χ1n) is 6.65. The number of aromatic nitrogens is 1. The molecular formula is C14H24N2O2. The van der Waals surface area contributed by atoms with Crippen molar-refractivity contribution in [1.29, 1.82) is 0 Å². The van der Waals surface area contributed by atoms with Gasteiger partial charge in [0.15, 0.2) is 0 Å². The quantitative estimate of drug-likeness (QED) is 0.811. The summed E-state index contributed by atoms with van der Waals surface area (Å²) >= 11 is 0. The molecule has 0 unspecified atom stereocenters. The smallest absolute Gasteiger partial charge is 0.337 e. The summed E-state index contributed by atoms with van der Waals surface area (Å²) in [6.45, 7) is 12.2. The normalized spacial score (nSPS) is 11.4. The van der Waals surface area contributed by atoms with E-state index in [1.807, 2.05) is 20.0 Å². The first kappa shape index (κ1) is 14.8. The summed E-state index contributed by atoms with van der Waals surface area (Å²) in [5.41, 5.74) is 1.36. The van der Waals surface area contributed by atoms with E-state index in [-0.39, 0.29) is 5.92 Å². The monoisotopic (exact) mass is 252 g/mol. The van der Waals surface area contributed by atoms with Crippen molar-refractivity contribution in [2.24, 2.45) is 0 Å². The third kappa shape index (κ3) is 3.35. The number of hydrogen-bond acceptors (Lipinski definition) is 2. The number of carboxylic acid groups (broad SMARTS) is 1. The molecule has 0 atom stereocenters. The van der Waals surface area contributed by atoms with Crippen LogP contribution in [0.15, 0.2) is 12.3 Å². The van der Waals surface area contributed by atoms with Crippen LogP contribution >= 0.6 is 0 Å². The van der Waals surface area contributed by atoms with E-state index < -0.39 is 5.97 Å². The van der Waals surface area contributed by atoms with E-state index in [4.69, 9.17) is 0 Å². The molecule has 0 saturated heterocycles. The van der Waals surface area contributed by atoms with E-state index in [1.165, 1.54) is 0 Å². The van der Waals surface area contributed by atoms with Gasteiger partial charge in [0.1, 0.15) is 0 Å². The maximum absolute atomic E-state index is 11.2. The highest BCUT2D eigenvalue weighted by molar-refractivity contribution is 5.89. The van der Waals surface area contributed by atoms with Gasteiger partial charge in [-0.25, -0.2) is 4.79 Å². The molecule has 1 rings (SSSR count). The largest absolute Gasteiger partial charge is 0.478 e. The number of hydrogen-bond donors (Lipinski definition) is 1. The summed E-state index contributed by atoms with van der Waals surface area (Å²) in [4.78, 5) is 13.5. The Labute approximate surface area is 109 Å². The van der Waals surface area contributed by atoms with Gasteiger partial charge in [-0.1, -0.05) is 27.7 Å². The standard InChI is InChI=1S/C14H24N2O2/c1-5-15(6-2)9-10-16-8-7-12(14(17)18)13(16)11(3)4/h7-8,11H,5-6,9-10H2,1-4H3,(H,17,18). The second-order valence-corrected chi connectivity index (χ2v) is 4.79. The van der Waals surface area contributed by atoms with Gasteiger partial charge in [0, 0.05) is 25.0 Å². The van der Waals surface area contributed by atoms with Crippen LogP contribution in [0.1, 0.15) is 49.7 Å². The fourth-order valence-electron chi connectivity index (χ4n) is 2.29. The molecule has 1 N–H and O–H groups in total. The third-order valence-electron chi connectivity index (χ3n) is 3.34. The summed E-state index contributed by atoms with van der Waals surface area (Å²) in [6, 6.07) is 1.71. The van der Waals surface area contributed by atoms with Crippen LogP contribution < -0.4 is 0 Å². The van der Waals surface area contributed by atoms with Crippen molar-refractivity contribution in [1.82, 2.24) is 9.47 Å². The molecule has 1 aromatic rings. The second-order valence-electron chi connectivity index (χ2n) is 4.79. The second kappa shape index (κ2) is 6.59. The van der Waals surface area contributed by atoms with E-state index in [0.717, 1.165) is 31.9 Å². The minimum Gasteiger partial charge on any atom is -0.478 e. The van der Waals surface area contributed by atoms with Gasteiger partial charge in [-0.15, -0.1) is 0 Å². The van der Waals surface area contributed by atoms with Gasteiger partial charge in [0.25, 0.3) is 0 Å². The maximum Gasteiger partial charge on any atom is 0.337 e. The Morgan fingerprint density at radius 2 is 2.00 bits per heavy atom. The zero-order valence-corrected chi connectivity index (χ0v) is 11.8. The van der Waals surface area contributed by atoms with Crippen molar-refractivity contribution >= 4 is 5.97 Å². The van der Waals surface area contributed by atoms with Gasteiger partial charge in [-0.2, -0.15) is 0 Å². The number of rotatable bonds is 7. The topological polar surface area (TPSA) is 45.5 Å². The van der Waals surface area contributed by atoms with Crippen LogP contribution in [0.2, 0.25) is 0 Å². The lowest BCUT2D eigenvalue weighted by Crippen LogP contribution is -2.27. The van der Waals surface area contributed by atoms with E-state index in [2.05, 4.69) is 23.3 Å². The molecule has 4 nitrogen and oxygen atoms in total. The van der Waals surface area contributed by atoms with Gasteiger partial charge in [0.2, 0.25) is 0 Å². The average Bonchev–Trinajstić information content (AvgIpc) is 2.74. The van der Waals surface area contributed by atoms with Crippen molar-refractivity contribution in [3.8, 4) is 0 Å². The molecule has 0 amide bonds. The van der Waals surface area contributed by atoms with Gasteiger partial charge in [-0.05, 0) is 25.1 Å². The number of likely N-dealkylation sites (N-methyl/N-ethyl adjacent to an activating group) is 1. The molecule has 18 heavy (non-hydrogen) atoms. The van der Waals surface area contributed by atoms with E-state index >= 15 is 0 Å². The van der Waals surface area contributed by atoms with Crippen LogP contribution in [0.4, 0.5) is 0 Å². The van der Waals surface area contributed by atoms with Crippen LogP contribution in [0, 0.1) is 0 Å². The van der Waals surface area contributed by atoms with Crippen molar-refractivity contribution in [3.05, 3.63) is 23.5 Å². The minimum atomic E-state index is -0.833. The number of aromatic carboxylic acids is 1. The molecule has 0 spiro atoms. The van der Waals surface area contributed by atoms with E-state index in [0.29, 0.717) is 5.56 Å². The van der Waals surface area contributed by atoms with Crippen LogP contribution in [0.25, 0.3) is 0 Å². The highest BCUT2D eigenvalue weighted by Gasteiger charge is 2.17. The molecule has 1 aromatic heterocycles.